The molecule has 3 rings (SSSR count). The molecular formula is C19H18ClN3O2S. The quantitative estimate of drug-likeness (QED) is 0.615. The number of nitrogens with zero attached hydrogens (tertiary/aromatic N) is 1. The lowest BCUT2D eigenvalue weighted by Gasteiger charge is -2.10. The van der Waals surface area contributed by atoms with Crippen LogP contribution in [-0.2, 0) is 13.0 Å². The predicted molar refractivity (Wildman–Crippen MR) is 105 cm³/mol. The molecule has 0 radical (unpaired) electrons. The Labute approximate surface area is 161 Å². The molecule has 0 aliphatic heterocycles. The number of hydrogen-bond donors (Lipinski definition) is 2. The summed E-state index contributed by atoms with van der Waals surface area (Å²) in [6.45, 7) is 0.922. The van der Waals surface area contributed by atoms with Crippen LogP contribution in [0.15, 0.2) is 59.4 Å². The van der Waals surface area contributed by atoms with Crippen molar-refractivity contribution >= 4 is 34.7 Å². The van der Waals surface area contributed by atoms with Gasteiger partial charge < -0.3 is 15.4 Å². The molecule has 26 heavy (non-hydrogen) atoms. The summed E-state index contributed by atoms with van der Waals surface area (Å²) in [5, 5.41) is 8.27. The van der Waals surface area contributed by atoms with E-state index < -0.39 is 0 Å². The van der Waals surface area contributed by atoms with Gasteiger partial charge >= 0.3 is 6.03 Å². The average Bonchev–Trinajstić information content (AvgIpc) is 3.14. The molecular weight excluding hydrogens is 370 g/mol. The van der Waals surface area contributed by atoms with Gasteiger partial charge in [-0.1, -0.05) is 29.8 Å². The maximum absolute atomic E-state index is 12.0. The second-order valence-electron chi connectivity index (χ2n) is 5.56. The summed E-state index contributed by atoms with van der Waals surface area (Å²) in [6.07, 6.45) is 0.713. The highest BCUT2D eigenvalue weighted by molar-refractivity contribution is 7.07. The first kappa shape index (κ1) is 18.2. The molecule has 0 saturated carbocycles. The van der Waals surface area contributed by atoms with Crippen molar-refractivity contribution in [3.8, 4) is 5.75 Å². The van der Waals surface area contributed by atoms with Crippen molar-refractivity contribution in [2.24, 2.45) is 0 Å². The number of hydrogen-bond acceptors (Lipinski definition) is 4. The maximum Gasteiger partial charge on any atom is 0.319 e. The highest BCUT2D eigenvalue weighted by Gasteiger charge is 2.04. The van der Waals surface area contributed by atoms with E-state index >= 15 is 0 Å². The Kier molecular flexibility index (Phi) is 6.46. The molecule has 134 valence electrons. The summed E-state index contributed by atoms with van der Waals surface area (Å²) in [5.41, 5.74) is 4.40. The van der Waals surface area contributed by atoms with Crippen LogP contribution in [0.4, 0.5) is 10.5 Å². The molecule has 7 heteroatoms. The van der Waals surface area contributed by atoms with Crippen LogP contribution in [0.2, 0.25) is 5.02 Å². The number of anilines is 1. The van der Waals surface area contributed by atoms with Crippen LogP contribution in [0.3, 0.4) is 0 Å². The highest BCUT2D eigenvalue weighted by atomic mass is 35.5. The van der Waals surface area contributed by atoms with E-state index in [1.807, 2.05) is 47.8 Å². The van der Waals surface area contributed by atoms with Gasteiger partial charge in [-0.05, 0) is 36.2 Å². The molecule has 0 bridgehead atoms. The van der Waals surface area contributed by atoms with Gasteiger partial charge in [-0.25, -0.2) is 9.78 Å². The number of urea groups is 1. The normalized spacial score (nSPS) is 10.3. The van der Waals surface area contributed by atoms with E-state index in [1.165, 1.54) is 11.3 Å². The molecule has 0 atom stereocenters. The molecule has 5 nitrogen and oxygen atoms in total. The number of aromatic nitrogens is 1. The second kappa shape index (κ2) is 9.22. The summed E-state index contributed by atoms with van der Waals surface area (Å²) in [7, 11) is 0. The summed E-state index contributed by atoms with van der Waals surface area (Å²) in [4.78, 5) is 16.2. The van der Waals surface area contributed by atoms with E-state index in [1.54, 1.807) is 11.6 Å². The van der Waals surface area contributed by atoms with Crippen LogP contribution in [0.1, 0.15) is 11.3 Å². The fourth-order valence-electron chi connectivity index (χ4n) is 2.32. The van der Waals surface area contributed by atoms with Crippen molar-refractivity contribution < 1.29 is 9.53 Å². The van der Waals surface area contributed by atoms with E-state index in [-0.39, 0.29) is 6.03 Å². The van der Waals surface area contributed by atoms with E-state index in [4.69, 9.17) is 16.3 Å². The first-order valence-corrected chi connectivity index (χ1v) is 9.40. The van der Waals surface area contributed by atoms with Crippen LogP contribution in [-0.4, -0.2) is 17.6 Å². The lowest BCUT2D eigenvalue weighted by Crippen LogP contribution is -2.30. The number of benzene rings is 2. The number of rotatable bonds is 7. The molecule has 0 unspecified atom stereocenters. The van der Waals surface area contributed by atoms with Crippen molar-refractivity contribution in [2.75, 3.05) is 11.9 Å². The van der Waals surface area contributed by atoms with Gasteiger partial charge in [0.15, 0.2) is 0 Å². The van der Waals surface area contributed by atoms with Gasteiger partial charge in [0.2, 0.25) is 0 Å². The van der Waals surface area contributed by atoms with Gasteiger partial charge in [0, 0.05) is 28.7 Å². The van der Waals surface area contributed by atoms with Gasteiger partial charge in [-0.3, -0.25) is 0 Å². The first-order valence-electron chi connectivity index (χ1n) is 8.08. The Morgan fingerprint density at radius 3 is 2.88 bits per heavy atom. The van der Waals surface area contributed by atoms with E-state index in [2.05, 4.69) is 15.6 Å². The minimum absolute atomic E-state index is 0.260. The first-order chi connectivity index (χ1) is 12.7. The number of carbonyl (C=O) groups is 1. The lowest BCUT2D eigenvalue weighted by atomic mass is 10.1. The van der Waals surface area contributed by atoms with Crippen LogP contribution in [0, 0.1) is 0 Å². The van der Waals surface area contributed by atoms with Crippen molar-refractivity contribution in [1.29, 1.82) is 0 Å². The molecule has 0 fully saturated rings. The number of thiazole rings is 1. The number of amides is 2. The molecule has 1 heterocycles. The van der Waals surface area contributed by atoms with Crippen LogP contribution >= 0.6 is 22.9 Å². The minimum Gasteiger partial charge on any atom is -0.487 e. The molecule has 0 aliphatic carbocycles. The fraction of sp³-hybridized carbons (Fsp3) is 0.158. The van der Waals surface area contributed by atoms with E-state index in [9.17, 15) is 4.79 Å². The standard InChI is InChI=1S/C19H18ClN3O2S/c20-15-4-1-3-14(9-15)7-8-21-19(24)23-16-5-2-6-18(10-16)25-11-17-12-26-13-22-17/h1-6,9-10,12-13H,7-8,11H2,(H2,21,23,24). The third-order valence-corrected chi connectivity index (χ3v) is 4.42. The predicted octanol–water partition coefficient (Wildman–Crippen LogP) is 4.74. The van der Waals surface area contributed by atoms with Gasteiger partial charge in [0.1, 0.15) is 12.4 Å². The Hall–Kier alpha value is -2.57. The average molecular weight is 388 g/mol. The monoisotopic (exact) mass is 387 g/mol. The molecule has 1 aromatic heterocycles. The fourth-order valence-corrected chi connectivity index (χ4v) is 3.07. The maximum atomic E-state index is 12.0. The third-order valence-electron chi connectivity index (χ3n) is 3.55. The Morgan fingerprint density at radius 1 is 1.19 bits per heavy atom. The zero-order valence-corrected chi connectivity index (χ0v) is 15.5. The number of carbonyl (C=O) groups excluding carboxylic acids is 1. The number of nitrogens with one attached hydrogen (secondary N) is 2. The van der Waals surface area contributed by atoms with Gasteiger partial charge in [-0.2, -0.15) is 0 Å². The van der Waals surface area contributed by atoms with Crippen LogP contribution in [0.5, 0.6) is 5.75 Å². The molecule has 0 aliphatic rings. The zero-order valence-electron chi connectivity index (χ0n) is 13.9. The Morgan fingerprint density at radius 2 is 2.08 bits per heavy atom. The van der Waals surface area contributed by atoms with Crippen LogP contribution in [0.25, 0.3) is 0 Å². The number of halogens is 1. The molecule has 2 amide bonds. The Bertz CT molecular complexity index is 856. The smallest absolute Gasteiger partial charge is 0.319 e. The minimum atomic E-state index is -0.260. The second-order valence-corrected chi connectivity index (χ2v) is 6.71. The van der Waals surface area contributed by atoms with E-state index in [0.717, 1.165) is 11.3 Å². The summed E-state index contributed by atoms with van der Waals surface area (Å²) < 4.78 is 5.68. The van der Waals surface area contributed by atoms with Crippen molar-refractivity contribution in [3.05, 3.63) is 75.7 Å². The lowest BCUT2D eigenvalue weighted by molar-refractivity contribution is 0.252. The van der Waals surface area contributed by atoms with Gasteiger partial charge in [-0.15, -0.1) is 11.3 Å². The molecule has 2 N–H and O–H groups in total. The van der Waals surface area contributed by atoms with Gasteiger partial charge in [0.05, 0.1) is 11.2 Å². The number of ether oxygens (including phenoxy) is 1. The van der Waals surface area contributed by atoms with Crippen LogP contribution < -0.4 is 15.4 Å². The van der Waals surface area contributed by atoms with Crippen molar-refractivity contribution in [3.63, 3.8) is 0 Å². The zero-order chi connectivity index (χ0) is 18.2. The molecule has 3 aromatic rings. The third kappa shape index (κ3) is 5.75. The van der Waals surface area contributed by atoms with Crippen molar-refractivity contribution in [1.82, 2.24) is 10.3 Å². The summed E-state index contributed by atoms with van der Waals surface area (Å²) in [5.74, 6) is 0.676. The molecule has 0 saturated heterocycles. The SMILES string of the molecule is O=C(NCCc1cccc(Cl)c1)Nc1cccc(OCc2cscn2)c1. The molecule has 0 spiro atoms. The molecule has 2 aromatic carbocycles. The van der Waals surface area contributed by atoms with E-state index in [0.29, 0.717) is 36.0 Å². The topological polar surface area (TPSA) is 63.2 Å². The summed E-state index contributed by atoms with van der Waals surface area (Å²) in [6, 6.07) is 14.6. The summed E-state index contributed by atoms with van der Waals surface area (Å²) >= 11 is 7.48. The highest BCUT2D eigenvalue weighted by Crippen LogP contribution is 2.18. The largest absolute Gasteiger partial charge is 0.487 e. The van der Waals surface area contributed by atoms with Gasteiger partial charge in [0.25, 0.3) is 0 Å². The van der Waals surface area contributed by atoms with Crippen molar-refractivity contribution in [2.45, 2.75) is 13.0 Å². The Balaban J connectivity index is 1.45.